The molecule has 2 aliphatic carbocycles. The minimum absolute atomic E-state index is 0.249. The third-order valence-corrected chi connectivity index (χ3v) is 10.3. The van der Waals surface area contributed by atoms with E-state index in [1.807, 2.05) is 0 Å². The van der Waals surface area contributed by atoms with Gasteiger partial charge in [-0.25, -0.2) is 4.79 Å². The van der Waals surface area contributed by atoms with Gasteiger partial charge in [0.15, 0.2) is 0 Å². The van der Waals surface area contributed by atoms with E-state index in [2.05, 4.69) is 24.2 Å². The number of nitrogens with zero attached hydrogens (tertiary/aromatic N) is 1. The number of anilines is 1. The zero-order chi connectivity index (χ0) is 21.3. The Morgan fingerprint density at radius 2 is 1.87 bits per heavy atom. The van der Waals surface area contributed by atoms with Crippen LogP contribution in [0.15, 0.2) is 6.07 Å². The summed E-state index contributed by atoms with van der Waals surface area (Å²) >= 11 is 1.57. The van der Waals surface area contributed by atoms with Crippen LogP contribution in [0.3, 0.4) is 0 Å². The molecule has 0 atom stereocenters. The molecule has 7 heteroatoms. The number of esters is 1. The molecule has 0 amide bonds. The molecule has 1 aromatic heterocycles. The molecule has 166 valence electrons. The van der Waals surface area contributed by atoms with Crippen LogP contribution < -0.4 is 4.90 Å². The largest absolute Gasteiger partial charge is 0.465 e. The second-order valence-electron chi connectivity index (χ2n) is 8.99. The monoisotopic (exact) mass is 451 g/mol. The van der Waals surface area contributed by atoms with Crippen molar-refractivity contribution in [2.24, 2.45) is 0 Å². The number of carbonyl (C=O) groups excluding carboxylic acids is 2. The van der Waals surface area contributed by atoms with Crippen LogP contribution in [0.25, 0.3) is 0 Å². The number of methoxy groups -OCH3 is 1. The SMILES string of the molecule is C=P1(OC2CCC(N(CC)c3cc(C4CCC(=O)CC4)sc3C(=O)OC)CC2)CC1. The lowest BCUT2D eigenvalue weighted by atomic mass is 9.87. The van der Waals surface area contributed by atoms with Crippen LogP contribution in [0.2, 0.25) is 0 Å². The standard InChI is InChI=1S/C23H34NO4PS/c1-4-24(17-7-11-19(12-8-17)28-29(3)13-14-29)20-15-21(30-22(20)23(26)27-2)16-5-9-18(25)10-6-16/h15-17,19H,3-14H2,1-2H3. The molecular formula is C23H34NO4PS. The van der Waals surface area contributed by atoms with Gasteiger partial charge >= 0.3 is 5.97 Å². The highest BCUT2D eigenvalue weighted by Crippen LogP contribution is 2.62. The highest BCUT2D eigenvalue weighted by atomic mass is 32.1. The summed E-state index contributed by atoms with van der Waals surface area (Å²) in [5.74, 6) is 0.493. The van der Waals surface area contributed by atoms with Crippen molar-refractivity contribution in [2.45, 2.75) is 76.4 Å². The van der Waals surface area contributed by atoms with Crippen molar-refractivity contribution in [3.8, 4) is 0 Å². The van der Waals surface area contributed by atoms with Gasteiger partial charge in [-0.2, -0.15) is 0 Å². The molecule has 4 rings (SSSR count). The smallest absolute Gasteiger partial charge is 0.350 e. The molecule has 1 aliphatic heterocycles. The van der Waals surface area contributed by atoms with Crippen molar-refractivity contribution in [1.29, 1.82) is 0 Å². The van der Waals surface area contributed by atoms with E-state index in [9.17, 15) is 9.59 Å². The molecule has 2 saturated carbocycles. The van der Waals surface area contributed by atoms with E-state index in [1.54, 1.807) is 11.3 Å². The summed E-state index contributed by atoms with van der Waals surface area (Å²) in [5, 5.41) is 0. The number of ketones is 1. The number of thiophene rings is 1. The summed E-state index contributed by atoms with van der Waals surface area (Å²) < 4.78 is 11.4. The Bertz CT molecular complexity index is 824. The lowest BCUT2D eigenvalue weighted by Gasteiger charge is -2.38. The van der Waals surface area contributed by atoms with E-state index in [-0.39, 0.29) is 5.97 Å². The van der Waals surface area contributed by atoms with Crippen molar-refractivity contribution in [3.63, 3.8) is 0 Å². The molecule has 5 nitrogen and oxygen atoms in total. The molecule has 0 aromatic carbocycles. The van der Waals surface area contributed by atoms with E-state index in [4.69, 9.17) is 9.26 Å². The Balaban J connectivity index is 1.50. The lowest BCUT2D eigenvalue weighted by molar-refractivity contribution is -0.120. The topological polar surface area (TPSA) is 55.8 Å². The predicted octanol–water partition coefficient (Wildman–Crippen LogP) is 5.29. The summed E-state index contributed by atoms with van der Waals surface area (Å²) in [7, 11) is 0.226. The summed E-state index contributed by atoms with van der Waals surface area (Å²) in [4.78, 5) is 28.6. The van der Waals surface area contributed by atoms with Crippen LogP contribution in [0.4, 0.5) is 5.69 Å². The second kappa shape index (κ2) is 9.18. The maximum atomic E-state index is 12.6. The van der Waals surface area contributed by atoms with Crippen molar-refractivity contribution in [3.05, 3.63) is 15.8 Å². The van der Waals surface area contributed by atoms with Crippen LogP contribution in [0.5, 0.6) is 0 Å². The zero-order valence-electron chi connectivity index (χ0n) is 18.2. The predicted molar refractivity (Wildman–Crippen MR) is 126 cm³/mol. The fourth-order valence-electron chi connectivity index (χ4n) is 4.90. The molecule has 1 aromatic rings. The number of Topliss-reactive ketones (excluding diaryl/α,β-unsaturated/α-hetero) is 1. The molecule has 0 N–H and O–H groups in total. The number of hydrogen-bond acceptors (Lipinski definition) is 6. The fourth-order valence-corrected chi connectivity index (χ4v) is 8.10. The first-order valence-electron chi connectivity index (χ1n) is 11.3. The number of rotatable bonds is 7. The van der Waals surface area contributed by atoms with Crippen molar-refractivity contribution < 1.29 is 18.8 Å². The van der Waals surface area contributed by atoms with Gasteiger partial charge in [0.05, 0.1) is 18.9 Å². The van der Waals surface area contributed by atoms with Crippen LogP contribution in [-0.2, 0) is 14.1 Å². The summed E-state index contributed by atoms with van der Waals surface area (Å²) in [6.07, 6.45) is 14.5. The van der Waals surface area contributed by atoms with Crippen molar-refractivity contribution >= 4 is 42.2 Å². The van der Waals surface area contributed by atoms with E-state index in [1.165, 1.54) is 24.3 Å². The van der Waals surface area contributed by atoms with E-state index in [0.29, 0.717) is 41.6 Å². The second-order valence-corrected chi connectivity index (χ2v) is 13.3. The van der Waals surface area contributed by atoms with Gasteiger partial charge in [-0.1, -0.05) is 6.30 Å². The third kappa shape index (κ3) is 4.87. The van der Waals surface area contributed by atoms with Crippen LogP contribution in [0, 0.1) is 0 Å². The Kier molecular flexibility index (Phi) is 6.76. The Labute approximate surface area is 184 Å². The molecular weight excluding hydrogens is 417 g/mol. The first-order chi connectivity index (χ1) is 14.4. The molecule has 1 saturated heterocycles. The van der Waals surface area contributed by atoms with Crippen LogP contribution in [-0.4, -0.2) is 56.2 Å². The third-order valence-electron chi connectivity index (χ3n) is 6.88. The normalized spacial score (nSPS) is 26.4. The molecule has 0 bridgehead atoms. The van der Waals surface area contributed by atoms with E-state index < -0.39 is 7.11 Å². The first kappa shape index (κ1) is 22.1. The fraction of sp³-hybridized carbons (Fsp3) is 0.696. The van der Waals surface area contributed by atoms with Crippen molar-refractivity contribution in [1.82, 2.24) is 0 Å². The molecule has 0 radical (unpaired) electrons. The maximum Gasteiger partial charge on any atom is 0.350 e. The van der Waals surface area contributed by atoms with Gasteiger partial charge in [-0.15, -0.1) is 11.3 Å². The van der Waals surface area contributed by atoms with Gasteiger partial charge in [0.25, 0.3) is 0 Å². The Morgan fingerprint density at radius 3 is 2.43 bits per heavy atom. The minimum atomic E-state index is -1.23. The molecule has 0 spiro atoms. The van der Waals surface area contributed by atoms with Gasteiger partial charge in [-0.3, -0.25) is 4.79 Å². The number of hydrogen-bond donors (Lipinski definition) is 0. The Hall–Kier alpha value is -1.10. The molecule has 2 heterocycles. The summed E-state index contributed by atoms with van der Waals surface area (Å²) in [5.41, 5.74) is 1.02. The first-order valence-corrected chi connectivity index (χ1v) is 14.4. The maximum absolute atomic E-state index is 12.6. The highest BCUT2D eigenvalue weighted by molar-refractivity contribution is 7.76. The highest BCUT2D eigenvalue weighted by Gasteiger charge is 2.35. The Morgan fingerprint density at radius 1 is 1.20 bits per heavy atom. The average molecular weight is 452 g/mol. The molecule has 0 unspecified atom stereocenters. The quantitative estimate of drug-likeness (QED) is 0.416. The average Bonchev–Trinajstić information content (AvgIpc) is 3.31. The van der Waals surface area contributed by atoms with Gasteiger partial charge < -0.3 is 14.2 Å². The van der Waals surface area contributed by atoms with Crippen LogP contribution in [0.1, 0.15) is 78.8 Å². The van der Waals surface area contributed by atoms with Crippen LogP contribution >= 0.6 is 18.4 Å². The zero-order valence-corrected chi connectivity index (χ0v) is 19.9. The molecule has 3 aliphatic rings. The van der Waals surface area contributed by atoms with Gasteiger partial charge in [0, 0.05) is 37.4 Å². The van der Waals surface area contributed by atoms with Gasteiger partial charge in [-0.05, 0) is 69.8 Å². The number of ether oxygens (including phenoxy) is 1. The van der Waals surface area contributed by atoms with Gasteiger partial charge in [0.2, 0.25) is 0 Å². The van der Waals surface area contributed by atoms with E-state index in [0.717, 1.165) is 50.8 Å². The molecule has 30 heavy (non-hydrogen) atoms. The number of carbonyl (C=O) groups is 2. The minimum Gasteiger partial charge on any atom is -0.465 e. The van der Waals surface area contributed by atoms with Crippen molar-refractivity contribution in [2.75, 3.05) is 30.9 Å². The summed E-state index contributed by atoms with van der Waals surface area (Å²) in [6.45, 7) is 3.03. The lowest BCUT2D eigenvalue weighted by Crippen LogP contribution is -2.39. The molecule has 3 fully saturated rings. The van der Waals surface area contributed by atoms with E-state index >= 15 is 0 Å². The van der Waals surface area contributed by atoms with Gasteiger partial charge in [0.1, 0.15) is 10.7 Å². The summed E-state index contributed by atoms with van der Waals surface area (Å²) in [6, 6.07) is 2.64.